The topological polar surface area (TPSA) is 54.5 Å². The average molecular weight is 377 g/mol. The Hall–Kier alpha value is -2.77. The lowest BCUT2D eigenvalue weighted by atomic mass is 9.86. The van der Waals surface area contributed by atoms with Crippen LogP contribution in [0.25, 0.3) is 11.3 Å². The second kappa shape index (κ2) is 6.44. The number of nitrogens with zero attached hydrogens (tertiary/aromatic N) is 2. The Morgan fingerprint density at radius 1 is 1.11 bits per heavy atom. The van der Waals surface area contributed by atoms with E-state index < -0.39 is 6.36 Å². The van der Waals surface area contributed by atoms with E-state index in [1.165, 1.54) is 12.1 Å². The van der Waals surface area contributed by atoms with E-state index in [0.29, 0.717) is 31.1 Å². The highest BCUT2D eigenvalue weighted by Crippen LogP contribution is 2.39. The second-order valence-electron chi connectivity index (χ2n) is 6.88. The number of rotatable bonds is 3. The first-order valence-corrected chi connectivity index (χ1v) is 8.72. The van der Waals surface area contributed by atoms with Crippen LogP contribution < -0.4 is 15.0 Å². The Bertz CT molecular complexity index is 871. The molecule has 4 rings (SSSR count). The van der Waals surface area contributed by atoms with Gasteiger partial charge in [0.1, 0.15) is 11.6 Å². The Morgan fingerprint density at radius 2 is 1.93 bits per heavy atom. The van der Waals surface area contributed by atoms with Gasteiger partial charge < -0.3 is 15.0 Å². The molecule has 3 heterocycles. The van der Waals surface area contributed by atoms with Crippen molar-refractivity contribution in [2.24, 2.45) is 5.41 Å². The van der Waals surface area contributed by atoms with Crippen molar-refractivity contribution >= 4 is 11.7 Å². The van der Waals surface area contributed by atoms with Crippen molar-refractivity contribution in [1.82, 2.24) is 10.3 Å². The molecule has 2 aliphatic heterocycles. The van der Waals surface area contributed by atoms with Gasteiger partial charge in [0.2, 0.25) is 5.91 Å². The van der Waals surface area contributed by atoms with E-state index in [1.54, 1.807) is 24.3 Å². The fraction of sp³-hybridized carbons (Fsp3) is 0.368. The number of aromatic nitrogens is 1. The van der Waals surface area contributed by atoms with Crippen molar-refractivity contribution in [3.05, 3.63) is 42.5 Å². The molecule has 1 atom stereocenters. The summed E-state index contributed by atoms with van der Waals surface area (Å²) in [6.45, 7) is 1.93. The molecule has 0 bridgehead atoms. The number of carbonyl (C=O) groups excluding carboxylic acids is 1. The molecule has 2 aliphatic rings. The van der Waals surface area contributed by atoms with Crippen LogP contribution >= 0.6 is 0 Å². The highest BCUT2D eigenvalue weighted by molar-refractivity contribution is 5.86. The minimum Gasteiger partial charge on any atom is -0.405 e. The number of pyridine rings is 1. The highest BCUT2D eigenvalue weighted by Gasteiger charge is 2.47. The number of hydrogen-bond donors (Lipinski definition) is 1. The van der Waals surface area contributed by atoms with Gasteiger partial charge in [-0.15, -0.1) is 13.2 Å². The molecule has 1 aromatic heterocycles. The first kappa shape index (κ1) is 17.6. The first-order valence-electron chi connectivity index (χ1n) is 8.72. The van der Waals surface area contributed by atoms with Crippen LogP contribution in [-0.4, -0.2) is 36.9 Å². The van der Waals surface area contributed by atoms with Crippen LogP contribution in [0.5, 0.6) is 5.75 Å². The Kier molecular flexibility index (Phi) is 4.20. The minimum absolute atomic E-state index is 0.0741. The number of ether oxygens (including phenoxy) is 1. The van der Waals surface area contributed by atoms with Gasteiger partial charge >= 0.3 is 6.36 Å². The number of hydrogen-bond acceptors (Lipinski definition) is 4. The molecule has 8 heteroatoms. The predicted molar refractivity (Wildman–Crippen MR) is 93.2 cm³/mol. The predicted octanol–water partition coefficient (Wildman–Crippen LogP) is 3.36. The molecule has 2 saturated heterocycles. The lowest BCUT2D eigenvalue weighted by Gasteiger charge is -2.22. The van der Waals surface area contributed by atoms with E-state index in [0.717, 1.165) is 12.8 Å². The largest absolute Gasteiger partial charge is 0.573 e. The molecular formula is C19H18F3N3O2. The Balaban J connectivity index is 1.62. The van der Waals surface area contributed by atoms with Crippen LogP contribution in [0.15, 0.2) is 42.5 Å². The Labute approximate surface area is 154 Å². The van der Waals surface area contributed by atoms with Gasteiger partial charge in [0.15, 0.2) is 0 Å². The van der Waals surface area contributed by atoms with Crippen molar-refractivity contribution < 1.29 is 22.7 Å². The molecule has 2 aromatic rings. The van der Waals surface area contributed by atoms with E-state index in [9.17, 15) is 18.0 Å². The van der Waals surface area contributed by atoms with Crippen LogP contribution in [-0.2, 0) is 4.79 Å². The minimum atomic E-state index is -4.77. The fourth-order valence-corrected chi connectivity index (χ4v) is 3.82. The number of amides is 1. The van der Waals surface area contributed by atoms with Crippen LogP contribution in [0.4, 0.5) is 19.0 Å². The number of anilines is 1. The maximum absolute atomic E-state index is 12.7. The molecule has 1 amide bonds. The lowest BCUT2D eigenvalue weighted by molar-refractivity contribution is -0.274. The van der Waals surface area contributed by atoms with Crippen molar-refractivity contribution in [2.75, 3.05) is 24.5 Å². The zero-order valence-electron chi connectivity index (χ0n) is 14.4. The average Bonchev–Trinajstić information content (AvgIpc) is 3.22. The van der Waals surface area contributed by atoms with Gasteiger partial charge in [-0.3, -0.25) is 4.79 Å². The van der Waals surface area contributed by atoms with Gasteiger partial charge in [-0.2, -0.15) is 0 Å². The molecule has 0 saturated carbocycles. The summed E-state index contributed by atoms with van der Waals surface area (Å²) in [5.74, 6) is 0.429. The van der Waals surface area contributed by atoms with Crippen LogP contribution in [0.1, 0.15) is 12.8 Å². The lowest BCUT2D eigenvalue weighted by Crippen LogP contribution is -2.34. The number of nitrogens with one attached hydrogen (secondary N) is 1. The number of benzene rings is 1. The summed E-state index contributed by atoms with van der Waals surface area (Å²) in [5, 5.41) is 2.88. The molecule has 0 radical (unpaired) electrons. The maximum Gasteiger partial charge on any atom is 0.573 e. The summed E-state index contributed by atoms with van der Waals surface area (Å²) in [5.41, 5.74) is 0.281. The number of halogens is 3. The van der Waals surface area contributed by atoms with Gasteiger partial charge in [-0.25, -0.2) is 4.98 Å². The standard InChI is InChI=1S/C19H18F3N3O2/c20-19(21,22)27-15-6-2-1-4-13(15)14-5-3-7-16(24-14)25-11-9-18(12-25)8-10-23-17(18)26/h1-7H,8-12H2,(H,23,26). The third-order valence-corrected chi connectivity index (χ3v) is 5.17. The normalized spacial score (nSPS) is 22.3. The maximum atomic E-state index is 12.7. The molecule has 1 unspecified atom stereocenters. The van der Waals surface area contributed by atoms with Gasteiger partial charge in [-0.1, -0.05) is 18.2 Å². The second-order valence-corrected chi connectivity index (χ2v) is 6.88. The highest BCUT2D eigenvalue weighted by atomic mass is 19.4. The third-order valence-electron chi connectivity index (χ3n) is 5.17. The summed E-state index contributed by atoms with van der Waals surface area (Å²) in [6, 6.07) is 11.1. The van der Waals surface area contributed by atoms with Gasteiger partial charge in [-0.05, 0) is 37.1 Å². The molecule has 27 heavy (non-hydrogen) atoms. The molecule has 2 fully saturated rings. The molecule has 142 valence electrons. The summed E-state index contributed by atoms with van der Waals surface area (Å²) < 4.78 is 42.2. The van der Waals surface area contributed by atoms with Crippen molar-refractivity contribution in [2.45, 2.75) is 19.2 Å². The van der Waals surface area contributed by atoms with E-state index in [4.69, 9.17) is 0 Å². The number of carbonyl (C=O) groups is 1. The van der Waals surface area contributed by atoms with Gasteiger partial charge in [0.25, 0.3) is 0 Å². The first-order chi connectivity index (χ1) is 12.9. The van der Waals surface area contributed by atoms with Gasteiger partial charge in [0.05, 0.1) is 11.1 Å². The zero-order chi connectivity index (χ0) is 19.1. The van der Waals surface area contributed by atoms with Crippen molar-refractivity contribution in [3.63, 3.8) is 0 Å². The van der Waals surface area contributed by atoms with E-state index in [2.05, 4.69) is 15.0 Å². The molecular weight excluding hydrogens is 359 g/mol. The van der Waals surface area contributed by atoms with Gasteiger partial charge in [0, 0.05) is 25.2 Å². The van der Waals surface area contributed by atoms with E-state index in [-0.39, 0.29) is 22.6 Å². The van der Waals surface area contributed by atoms with Crippen LogP contribution in [0.2, 0.25) is 0 Å². The van der Waals surface area contributed by atoms with Crippen molar-refractivity contribution in [1.29, 1.82) is 0 Å². The molecule has 1 spiro atoms. The molecule has 1 aromatic carbocycles. The van der Waals surface area contributed by atoms with E-state index >= 15 is 0 Å². The molecule has 5 nitrogen and oxygen atoms in total. The van der Waals surface area contributed by atoms with Crippen LogP contribution in [0.3, 0.4) is 0 Å². The number of para-hydroxylation sites is 1. The summed E-state index contributed by atoms with van der Waals surface area (Å²) in [4.78, 5) is 18.7. The summed E-state index contributed by atoms with van der Waals surface area (Å²) in [7, 11) is 0. The molecule has 0 aliphatic carbocycles. The zero-order valence-corrected chi connectivity index (χ0v) is 14.4. The quantitative estimate of drug-likeness (QED) is 0.891. The number of alkyl halides is 3. The SMILES string of the molecule is O=C1NCCC12CCN(c1cccc(-c3ccccc3OC(F)(F)F)n1)C2. The third kappa shape index (κ3) is 3.43. The fourth-order valence-electron chi connectivity index (χ4n) is 3.82. The summed E-state index contributed by atoms with van der Waals surface area (Å²) >= 11 is 0. The smallest absolute Gasteiger partial charge is 0.405 e. The van der Waals surface area contributed by atoms with Crippen molar-refractivity contribution in [3.8, 4) is 17.0 Å². The van der Waals surface area contributed by atoms with Crippen LogP contribution in [0, 0.1) is 5.41 Å². The Morgan fingerprint density at radius 3 is 2.67 bits per heavy atom. The van der Waals surface area contributed by atoms with E-state index in [1.807, 2.05) is 11.0 Å². The molecule has 1 N–H and O–H groups in total. The summed E-state index contributed by atoms with van der Waals surface area (Å²) in [6.07, 6.45) is -3.23. The monoisotopic (exact) mass is 377 g/mol.